The third-order valence-corrected chi connectivity index (χ3v) is 4.85. The Kier molecular flexibility index (Phi) is 3.69. The molecule has 2 atom stereocenters. The van der Waals surface area contributed by atoms with Gasteiger partial charge in [-0.1, -0.05) is 6.92 Å². The monoisotopic (exact) mass is 289 g/mol. The largest absolute Gasteiger partial charge is 0.353 e. The number of anilines is 2. The van der Waals surface area contributed by atoms with Crippen LogP contribution in [0.5, 0.6) is 0 Å². The van der Waals surface area contributed by atoms with E-state index in [9.17, 15) is 4.79 Å². The van der Waals surface area contributed by atoms with Gasteiger partial charge in [0.2, 0.25) is 5.91 Å². The Morgan fingerprint density at radius 3 is 2.57 bits per heavy atom. The van der Waals surface area contributed by atoms with Gasteiger partial charge in [-0.15, -0.1) is 0 Å². The number of likely N-dealkylation sites (N-methyl/N-ethyl adjacent to an activating group) is 1. The maximum Gasteiger partial charge on any atom is 0.241 e. The zero-order valence-corrected chi connectivity index (χ0v) is 13.0. The standard InChI is InChI=1S/C15H23N5O/c1-11-4-5-20(12(11)2)14-8-13(16-10-17-14)19-7-6-18(3)15(21)9-19/h8,10-12H,4-7,9H2,1-3H3. The highest BCUT2D eigenvalue weighted by atomic mass is 16.2. The molecule has 0 aromatic carbocycles. The minimum absolute atomic E-state index is 0.143. The Morgan fingerprint density at radius 2 is 1.90 bits per heavy atom. The van der Waals surface area contributed by atoms with Crippen LogP contribution in [0.15, 0.2) is 12.4 Å². The van der Waals surface area contributed by atoms with Gasteiger partial charge < -0.3 is 14.7 Å². The van der Waals surface area contributed by atoms with Crippen molar-refractivity contribution in [3.05, 3.63) is 12.4 Å². The topological polar surface area (TPSA) is 52.6 Å². The smallest absolute Gasteiger partial charge is 0.241 e. The van der Waals surface area contributed by atoms with Crippen molar-refractivity contribution in [2.75, 3.05) is 43.0 Å². The first kappa shape index (κ1) is 14.1. The Balaban J connectivity index is 1.79. The average molecular weight is 289 g/mol. The van der Waals surface area contributed by atoms with Crippen molar-refractivity contribution >= 4 is 17.5 Å². The molecule has 2 aliphatic rings. The van der Waals surface area contributed by atoms with E-state index in [1.165, 1.54) is 6.42 Å². The first-order valence-corrected chi connectivity index (χ1v) is 7.64. The van der Waals surface area contributed by atoms with E-state index in [-0.39, 0.29) is 5.91 Å². The van der Waals surface area contributed by atoms with E-state index in [1.54, 1.807) is 11.2 Å². The van der Waals surface area contributed by atoms with Crippen molar-refractivity contribution < 1.29 is 4.79 Å². The quantitative estimate of drug-likeness (QED) is 0.812. The molecule has 1 aromatic heterocycles. The van der Waals surface area contributed by atoms with E-state index < -0.39 is 0 Å². The highest BCUT2D eigenvalue weighted by molar-refractivity contribution is 5.82. The highest BCUT2D eigenvalue weighted by Crippen LogP contribution is 2.29. The maximum absolute atomic E-state index is 11.8. The molecular weight excluding hydrogens is 266 g/mol. The van der Waals surface area contributed by atoms with Crippen molar-refractivity contribution in [1.82, 2.24) is 14.9 Å². The summed E-state index contributed by atoms with van der Waals surface area (Å²) < 4.78 is 0. The maximum atomic E-state index is 11.8. The number of hydrogen-bond acceptors (Lipinski definition) is 5. The van der Waals surface area contributed by atoms with Crippen LogP contribution in [0.1, 0.15) is 20.3 Å². The van der Waals surface area contributed by atoms with Crippen LogP contribution >= 0.6 is 0 Å². The van der Waals surface area contributed by atoms with Gasteiger partial charge in [-0.2, -0.15) is 0 Å². The normalized spacial score (nSPS) is 26.6. The van der Waals surface area contributed by atoms with Gasteiger partial charge >= 0.3 is 0 Å². The third-order valence-electron chi connectivity index (χ3n) is 4.85. The summed E-state index contributed by atoms with van der Waals surface area (Å²) in [7, 11) is 1.85. The molecule has 1 aromatic rings. The molecule has 0 spiro atoms. The average Bonchev–Trinajstić information content (AvgIpc) is 2.82. The summed E-state index contributed by atoms with van der Waals surface area (Å²) >= 11 is 0. The predicted octanol–water partition coefficient (Wildman–Crippen LogP) is 0.990. The molecule has 2 unspecified atom stereocenters. The molecule has 2 fully saturated rings. The lowest BCUT2D eigenvalue weighted by Gasteiger charge is -2.33. The van der Waals surface area contributed by atoms with Crippen molar-refractivity contribution in [2.24, 2.45) is 5.92 Å². The Bertz CT molecular complexity index is 535. The lowest BCUT2D eigenvalue weighted by molar-refractivity contribution is -0.129. The van der Waals surface area contributed by atoms with Gasteiger partial charge in [0.1, 0.15) is 18.0 Å². The van der Waals surface area contributed by atoms with E-state index in [0.717, 1.165) is 31.3 Å². The fourth-order valence-corrected chi connectivity index (χ4v) is 3.04. The zero-order valence-electron chi connectivity index (χ0n) is 13.0. The predicted molar refractivity (Wildman–Crippen MR) is 82.5 cm³/mol. The molecule has 6 heteroatoms. The number of piperazine rings is 1. The first-order valence-electron chi connectivity index (χ1n) is 7.64. The number of carbonyl (C=O) groups is 1. The molecule has 21 heavy (non-hydrogen) atoms. The van der Waals surface area contributed by atoms with Crippen molar-refractivity contribution in [1.29, 1.82) is 0 Å². The van der Waals surface area contributed by atoms with Gasteiger partial charge in [-0.25, -0.2) is 9.97 Å². The summed E-state index contributed by atoms with van der Waals surface area (Å²) in [6.45, 7) is 7.55. The van der Waals surface area contributed by atoms with Crippen LogP contribution in [0.4, 0.5) is 11.6 Å². The summed E-state index contributed by atoms with van der Waals surface area (Å²) in [6, 6.07) is 2.52. The van der Waals surface area contributed by atoms with E-state index in [4.69, 9.17) is 0 Å². The Labute approximate surface area is 125 Å². The van der Waals surface area contributed by atoms with Gasteiger partial charge in [0.05, 0.1) is 6.54 Å². The molecule has 3 heterocycles. The number of carbonyl (C=O) groups excluding carboxylic acids is 1. The second-order valence-electron chi connectivity index (χ2n) is 6.17. The van der Waals surface area contributed by atoms with Crippen LogP contribution in [-0.2, 0) is 4.79 Å². The lowest BCUT2D eigenvalue weighted by Crippen LogP contribution is -2.48. The molecule has 0 aliphatic carbocycles. The van der Waals surface area contributed by atoms with Crippen LogP contribution in [-0.4, -0.2) is 60.0 Å². The molecule has 2 saturated heterocycles. The molecule has 0 N–H and O–H groups in total. The molecule has 114 valence electrons. The van der Waals surface area contributed by atoms with Crippen LogP contribution in [0.2, 0.25) is 0 Å². The molecule has 3 rings (SSSR count). The number of hydrogen-bond donors (Lipinski definition) is 0. The van der Waals surface area contributed by atoms with Gasteiger partial charge in [0.25, 0.3) is 0 Å². The second kappa shape index (κ2) is 5.50. The molecule has 0 radical (unpaired) electrons. The summed E-state index contributed by atoms with van der Waals surface area (Å²) in [5.74, 6) is 2.66. The summed E-state index contributed by atoms with van der Waals surface area (Å²) in [4.78, 5) is 26.8. The lowest BCUT2D eigenvalue weighted by atomic mass is 10.1. The minimum atomic E-state index is 0.143. The highest BCUT2D eigenvalue weighted by Gasteiger charge is 2.29. The number of aromatic nitrogens is 2. The Hall–Kier alpha value is -1.85. The van der Waals surface area contributed by atoms with E-state index in [0.29, 0.717) is 18.5 Å². The number of rotatable bonds is 2. The van der Waals surface area contributed by atoms with Gasteiger partial charge in [0, 0.05) is 38.8 Å². The summed E-state index contributed by atoms with van der Waals surface area (Å²) in [5.41, 5.74) is 0. The van der Waals surface area contributed by atoms with Gasteiger partial charge in [-0.3, -0.25) is 4.79 Å². The SMILES string of the molecule is CC1CCN(c2cc(N3CCN(C)C(=O)C3)ncn2)C1C. The van der Waals surface area contributed by atoms with Crippen LogP contribution in [0.25, 0.3) is 0 Å². The molecule has 0 bridgehead atoms. The van der Waals surface area contributed by atoms with Crippen molar-refractivity contribution in [2.45, 2.75) is 26.3 Å². The second-order valence-corrected chi connectivity index (χ2v) is 6.17. The molecule has 6 nitrogen and oxygen atoms in total. The molecule has 1 amide bonds. The minimum Gasteiger partial charge on any atom is -0.353 e. The molecule has 2 aliphatic heterocycles. The van der Waals surface area contributed by atoms with E-state index in [1.807, 2.05) is 18.0 Å². The third kappa shape index (κ3) is 2.66. The summed E-state index contributed by atoms with van der Waals surface area (Å²) in [6.07, 6.45) is 2.82. The fourth-order valence-electron chi connectivity index (χ4n) is 3.04. The van der Waals surface area contributed by atoms with Crippen molar-refractivity contribution in [3.8, 4) is 0 Å². The van der Waals surface area contributed by atoms with Crippen LogP contribution in [0, 0.1) is 5.92 Å². The fraction of sp³-hybridized carbons (Fsp3) is 0.667. The number of amides is 1. The Morgan fingerprint density at radius 1 is 1.14 bits per heavy atom. The van der Waals surface area contributed by atoms with E-state index >= 15 is 0 Å². The zero-order chi connectivity index (χ0) is 15.0. The van der Waals surface area contributed by atoms with Crippen LogP contribution in [0.3, 0.4) is 0 Å². The van der Waals surface area contributed by atoms with Gasteiger partial charge in [-0.05, 0) is 19.3 Å². The van der Waals surface area contributed by atoms with Crippen LogP contribution < -0.4 is 9.80 Å². The first-order chi connectivity index (χ1) is 10.1. The van der Waals surface area contributed by atoms with Crippen molar-refractivity contribution in [3.63, 3.8) is 0 Å². The van der Waals surface area contributed by atoms with Gasteiger partial charge in [0.15, 0.2) is 0 Å². The molecule has 0 saturated carbocycles. The number of nitrogens with zero attached hydrogens (tertiary/aromatic N) is 5. The van der Waals surface area contributed by atoms with E-state index in [2.05, 4.69) is 28.7 Å². The molecular formula is C15H23N5O. The summed E-state index contributed by atoms with van der Waals surface area (Å²) in [5, 5.41) is 0.